The molecule has 0 aliphatic carbocycles. The molecule has 2 aromatic carbocycles. The van der Waals surface area contributed by atoms with Gasteiger partial charge in [-0.3, -0.25) is 9.00 Å². The van der Waals surface area contributed by atoms with E-state index in [-0.39, 0.29) is 5.91 Å². The molecule has 1 N–H and O–H groups in total. The monoisotopic (exact) mass is 317 g/mol. The molecule has 116 valence electrons. The van der Waals surface area contributed by atoms with Gasteiger partial charge in [-0.2, -0.15) is 0 Å². The number of benzene rings is 2. The van der Waals surface area contributed by atoms with Crippen molar-refractivity contribution in [3.8, 4) is 5.75 Å². The van der Waals surface area contributed by atoms with E-state index >= 15 is 0 Å². The first kappa shape index (κ1) is 16.2. The normalized spacial score (nSPS) is 11.7. The van der Waals surface area contributed by atoms with E-state index < -0.39 is 10.8 Å². The van der Waals surface area contributed by atoms with Crippen LogP contribution in [0.5, 0.6) is 5.75 Å². The number of amides is 1. The lowest BCUT2D eigenvalue weighted by molar-refractivity contribution is 0.102. The highest BCUT2D eigenvalue weighted by atomic mass is 32.2. The Labute approximate surface area is 133 Å². The number of ether oxygens (including phenoxy) is 1. The number of rotatable bonds is 6. The number of carbonyl (C=O) groups is 1. The molecule has 0 heterocycles. The van der Waals surface area contributed by atoms with Crippen molar-refractivity contribution in [2.75, 3.05) is 18.2 Å². The second-order valence-electron chi connectivity index (χ2n) is 4.78. The molecule has 0 bridgehead atoms. The number of hydrogen-bond acceptors (Lipinski definition) is 3. The van der Waals surface area contributed by atoms with E-state index in [0.29, 0.717) is 28.5 Å². The van der Waals surface area contributed by atoms with Crippen LogP contribution in [0.1, 0.15) is 23.7 Å². The first-order valence-corrected chi connectivity index (χ1v) is 8.64. The summed E-state index contributed by atoms with van der Waals surface area (Å²) in [5.41, 5.74) is 1.16. The van der Waals surface area contributed by atoms with Crippen molar-refractivity contribution in [1.82, 2.24) is 0 Å². The van der Waals surface area contributed by atoms with E-state index in [2.05, 4.69) is 5.32 Å². The summed E-state index contributed by atoms with van der Waals surface area (Å²) in [6.07, 6.45) is 2.51. The van der Waals surface area contributed by atoms with Crippen LogP contribution in [0, 0.1) is 0 Å². The minimum absolute atomic E-state index is 0.221. The molecule has 2 rings (SSSR count). The molecule has 0 aliphatic heterocycles. The molecule has 0 aliphatic rings. The van der Waals surface area contributed by atoms with E-state index in [1.54, 1.807) is 36.6 Å². The maximum absolute atomic E-state index is 12.3. The zero-order valence-electron chi connectivity index (χ0n) is 12.7. The maximum Gasteiger partial charge on any atom is 0.255 e. The number of hydrogen-bond donors (Lipinski definition) is 1. The number of carbonyl (C=O) groups excluding carboxylic acids is 1. The molecule has 0 spiro atoms. The highest BCUT2D eigenvalue weighted by Crippen LogP contribution is 2.24. The SMILES string of the molecule is CCCOc1ccccc1NC(=O)c1ccc(S(C)=O)cc1. The Morgan fingerprint density at radius 2 is 1.82 bits per heavy atom. The second-order valence-corrected chi connectivity index (χ2v) is 6.16. The predicted octanol–water partition coefficient (Wildman–Crippen LogP) is 3.47. The Morgan fingerprint density at radius 3 is 2.45 bits per heavy atom. The molecule has 0 saturated carbocycles. The van der Waals surface area contributed by atoms with E-state index in [1.165, 1.54) is 0 Å². The van der Waals surface area contributed by atoms with Gasteiger partial charge in [-0.15, -0.1) is 0 Å². The van der Waals surface area contributed by atoms with Crippen molar-refractivity contribution in [1.29, 1.82) is 0 Å². The first-order chi connectivity index (χ1) is 10.6. The lowest BCUT2D eigenvalue weighted by Gasteiger charge is -2.12. The third-order valence-corrected chi connectivity index (χ3v) is 3.98. The van der Waals surface area contributed by atoms with Gasteiger partial charge in [-0.1, -0.05) is 19.1 Å². The summed E-state index contributed by atoms with van der Waals surface area (Å²) in [6.45, 7) is 2.63. The Hall–Kier alpha value is -2.14. The fraction of sp³-hybridized carbons (Fsp3) is 0.235. The summed E-state index contributed by atoms with van der Waals surface area (Å²) in [5.74, 6) is 0.435. The topological polar surface area (TPSA) is 55.4 Å². The van der Waals surface area contributed by atoms with Crippen LogP contribution in [0.25, 0.3) is 0 Å². The summed E-state index contributed by atoms with van der Waals surface area (Å²) >= 11 is 0. The van der Waals surface area contributed by atoms with Crippen molar-refractivity contribution in [3.63, 3.8) is 0 Å². The molecule has 1 atom stereocenters. The Kier molecular flexibility index (Phi) is 5.72. The van der Waals surface area contributed by atoms with Crippen LogP contribution in [0.15, 0.2) is 53.4 Å². The predicted molar refractivity (Wildman–Crippen MR) is 89.0 cm³/mol. The van der Waals surface area contributed by atoms with Crippen molar-refractivity contribution >= 4 is 22.4 Å². The van der Waals surface area contributed by atoms with Crippen LogP contribution in [0.2, 0.25) is 0 Å². The van der Waals surface area contributed by atoms with Crippen LogP contribution in [-0.4, -0.2) is 23.0 Å². The number of para-hydroxylation sites is 2. The van der Waals surface area contributed by atoms with Gasteiger partial charge in [-0.25, -0.2) is 0 Å². The summed E-state index contributed by atoms with van der Waals surface area (Å²) in [7, 11) is -1.05. The van der Waals surface area contributed by atoms with Gasteiger partial charge in [-0.05, 0) is 42.8 Å². The van der Waals surface area contributed by atoms with Gasteiger partial charge in [0.15, 0.2) is 0 Å². The molecule has 22 heavy (non-hydrogen) atoms. The second kappa shape index (κ2) is 7.75. The molecule has 2 aromatic rings. The lowest BCUT2D eigenvalue weighted by atomic mass is 10.2. The molecule has 0 saturated heterocycles. The Balaban J connectivity index is 2.13. The van der Waals surface area contributed by atoms with Gasteiger partial charge in [0.1, 0.15) is 5.75 Å². The zero-order chi connectivity index (χ0) is 15.9. The molecule has 5 heteroatoms. The third-order valence-electron chi connectivity index (χ3n) is 3.05. The van der Waals surface area contributed by atoms with Crippen LogP contribution in [0.3, 0.4) is 0 Å². The van der Waals surface area contributed by atoms with Gasteiger partial charge in [0, 0.05) is 27.5 Å². The summed E-state index contributed by atoms with van der Waals surface area (Å²) < 4.78 is 17.0. The Morgan fingerprint density at radius 1 is 1.14 bits per heavy atom. The number of anilines is 1. The fourth-order valence-corrected chi connectivity index (χ4v) is 2.42. The first-order valence-electron chi connectivity index (χ1n) is 7.08. The quantitative estimate of drug-likeness (QED) is 0.887. The van der Waals surface area contributed by atoms with Crippen LogP contribution in [0.4, 0.5) is 5.69 Å². The highest BCUT2D eigenvalue weighted by molar-refractivity contribution is 7.84. The average Bonchev–Trinajstić information content (AvgIpc) is 2.54. The van der Waals surface area contributed by atoms with E-state index in [4.69, 9.17) is 4.74 Å². The van der Waals surface area contributed by atoms with Crippen LogP contribution >= 0.6 is 0 Å². The molecule has 0 fully saturated rings. The largest absolute Gasteiger partial charge is 0.491 e. The fourth-order valence-electron chi connectivity index (χ4n) is 1.90. The zero-order valence-corrected chi connectivity index (χ0v) is 13.5. The number of nitrogens with one attached hydrogen (secondary N) is 1. The maximum atomic E-state index is 12.3. The molecule has 4 nitrogen and oxygen atoms in total. The molecule has 0 radical (unpaired) electrons. The highest BCUT2D eigenvalue weighted by Gasteiger charge is 2.10. The van der Waals surface area contributed by atoms with Crippen LogP contribution < -0.4 is 10.1 Å². The minimum Gasteiger partial charge on any atom is -0.491 e. The summed E-state index contributed by atoms with van der Waals surface area (Å²) in [5, 5.41) is 2.84. The summed E-state index contributed by atoms with van der Waals surface area (Å²) in [4.78, 5) is 13.0. The van der Waals surface area contributed by atoms with Crippen molar-refractivity contribution < 1.29 is 13.7 Å². The standard InChI is InChI=1S/C17H19NO3S/c1-3-12-21-16-7-5-4-6-15(16)18-17(19)13-8-10-14(11-9-13)22(2)20/h4-11H,3,12H2,1-2H3,(H,18,19). The van der Waals surface area contributed by atoms with Gasteiger partial charge in [0.2, 0.25) is 0 Å². The molecular formula is C17H19NO3S. The van der Waals surface area contributed by atoms with E-state index in [9.17, 15) is 9.00 Å². The van der Waals surface area contributed by atoms with E-state index in [1.807, 2.05) is 25.1 Å². The smallest absolute Gasteiger partial charge is 0.255 e. The average molecular weight is 317 g/mol. The molecule has 0 aromatic heterocycles. The lowest BCUT2D eigenvalue weighted by Crippen LogP contribution is -2.13. The van der Waals surface area contributed by atoms with Gasteiger partial charge < -0.3 is 10.1 Å². The molecule has 1 unspecified atom stereocenters. The summed E-state index contributed by atoms with van der Waals surface area (Å²) in [6, 6.07) is 14.1. The third kappa shape index (κ3) is 4.18. The van der Waals surface area contributed by atoms with Crippen molar-refractivity contribution in [2.24, 2.45) is 0 Å². The Bertz CT molecular complexity index is 668. The van der Waals surface area contributed by atoms with Crippen LogP contribution in [-0.2, 0) is 10.8 Å². The van der Waals surface area contributed by atoms with E-state index in [0.717, 1.165) is 6.42 Å². The van der Waals surface area contributed by atoms with Crippen molar-refractivity contribution in [3.05, 3.63) is 54.1 Å². The molecule has 1 amide bonds. The van der Waals surface area contributed by atoms with Crippen molar-refractivity contribution in [2.45, 2.75) is 18.2 Å². The molecular weight excluding hydrogens is 298 g/mol. The van der Waals surface area contributed by atoms with Gasteiger partial charge in [0.25, 0.3) is 5.91 Å². The van der Waals surface area contributed by atoms with Gasteiger partial charge in [0.05, 0.1) is 12.3 Å². The van der Waals surface area contributed by atoms with Gasteiger partial charge >= 0.3 is 0 Å². The minimum atomic E-state index is -1.05.